The van der Waals surface area contributed by atoms with Crippen LogP contribution in [0.1, 0.15) is 32.1 Å². The number of likely N-dealkylation sites (tertiary alicyclic amines) is 2. The van der Waals surface area contributed by atoms with Crippen molar-refractivity contribution in [2.75, 3.05) is 13.1 Å². The summed E-state index contributed by atoms with van der Waals surface area (Å²) < 4.78 is 1.90. The Labute approximate surface area is 130 Å². The minimum atomic E-state index is -0.133. The Morgan fingerprint density at radius 3 is 2.91 bits per heavy atom. The van der Waals surface area contributed by atoms with Crippen LogP contribution in [-0.4, -0.2) is 56.6 Å². The second kappa shape index (κ2) is 5.41. The predicted octanol–water partition coefficient (Wildman–Crippen LogP) is 0.885. The molecule has 2 amide bonds. The van der Waals surface area contributed by atoms with Crippen LogP contribution in [0.5, 0.6) is 0 Å². The summed E-state index contributed by atoms with van der Waals surface area (Å²) in [6, 6.07) is 2.55. The van der Waals surface area contributed by atoms with Crippen LogP contribution in [0.3, 0.4) is 0 Å². The molecular weight excluding hydrogens is 280 g/mol. The molecule has 1 saturated carbocycles. The Hall–Kier alpha value is -1.85. The van der Waals surface area contributed by atoms with Gasteiger partial charge in [0, 0.05) is 37.9 Å². The number of carbonyl (C=O) groups is 2. The van der Waals surface area contributed by atoms with Gasteiger partial charge in [0.25, 0.3) is 0 Å². The third-order valence-electron chi connectivity index (χ3n) is 5.11. The quantitative estimate of drug-likeness (QED) is 0.830. The maximum atomic E-state index is 12.8. The van der Waals surface area contributed by atoms with Crippen LogP contribution in [0, 0.1) is 5.92 Å². The smallest absolute Gasteiger partial charge is 0.228 e. The van der Waals surface area contributed by atoms with Crippen molar-refractivity contribution in [1.29, 1.82) is 0 Å². The highest BCUT2D eigenvalue weighted by atomic mass is 16.2. The summed E-state index contributed by atoms with van der Waals surface area (Å²) in [5, 5.41) is 4.24. The second-order valence-corrected chi connectivity index (χ2v) is 6.73. The van der Waals surface area contributed by atoms with Gasteiger partial charge in [0.2, 0.25) is 11.8 Å². The topological polar surface area (TPSA) is 58.4 Å². The van der Waals surface area contributed by atoms with Crippen molar-refractivity contribution < 1.29 is 9.59 Å². The number of hydrogen-bond donors (Lipinski definition) is 0. The summed E-state index contributed by atoms with van der Waals surface area (Å²) in [7, 11) is 0. The van der Waals surface area contributed by atoms with E-state index in [2.05, 4.69) is 5.10 Å². The van der Waals surface area contributed by atoms with Gasteiger partial charge in [-0.2, -0.15) is 5.10 Å². The molecule has 3 aliphatic rings. The standard InChI is InChI=1S/C16H22N4O2/c21-15-9-12(10-20(15)13-4-5-13)16(22)19-8-1-3-14(19)11-18-7-2-6-17-18/h2,6-7,12-14H,1,3-5,8-11H2/t12-,14+/m0/s1. The second-order valence-electron chi connectivity index (χ2n) is 6.73. The average molecular weight is 302 g/mol. The molecule has 22 heavy (non-hydrogen) atoms. The Bertz CT molecular complexity index is 567. The van der Waals surface area contributed by atoms with E-state index in [1.807, 2.05) is 26.7 Å². The highest BCUT2D eigenvalue weighted by molar-refractivity contribution is 5.89. The van der Waals surface area contributed by atoms with Gasteiger partial charge in [-0.3, -0.25) is 14.3 Å². The number of nitrogens with zero attached hydrogens (tertiary/aromatic N) is 4. The molecule has 0 bridgehead atoms. The monoisotopic (exact) mass is 302 g/mol. The summed E-state index contributed by atoms with van der Waals surface area (Å²) in [4.78, 5) is 28.8. The largest absolute Gasteiger partial charge is 0.339 e. The first kappa shape index (κ1) is 13.8. The van der Waals surface area contributed by atoms with Crippen LogP contribution in [-0.2, 0) is 16.1 Å². The van der Waals surface area contributed by atoms with E-state index in [1.54, 1.807) is 6.20 Å². The molecule has 3 heterocycles. The maximum absolute atomic E-state index is 12.8. The average Bonchev–Trinajstić information content (AvgIpc) is 2.93. The van der Waals surface area contributed by atoms with E-state index in [0.29, 0.717) is 19.0 Å². The SMILES string of the molecule is O=C1C[C@H](C(=O)N2CCC[C@@H]2Cn2cccn2)CN1C1CC1. The van der Waals surface area contributed by atoms with Gasteiger partial charge in [0.1, 0.15) is 0 Å². The van der Waals surface area contributed by atoms with Crippen molar-refractivity contribution in [1.82, 2.24) is 19.6 Å². The lowest BCUT2D eigenvalue weighted by Crippen LogP contribution is -2.42. The molecule has 1 aromatic rings. The molecule has 6 heteroatoms. The van der Waals surface area contributed by atoms with E-state index in [4.69, 9.17) is 0 Å². The summed E-state index contributed by atoms with van der Waals surface area (Å²) >= 11 is 0. The fraction of sp³-hybridized carbons (Fsp3) is 0.688. The Morgan fingerprint density at radius 1 is 1.32 bits per heavy atom. The van der Waals surface area contributed by atoms with Crippen molar-refractivity contribution in [3.63, 3.8) is 0 Å². The van der Waals surface area contributed by atoms with Crippen LogP contribution in [0.25, 0.3) is 0 Å². The van der Waals surface area contributed by atoms with Crippen LogP contribution >= 0.6 is 0 Å². The molecule has 2 atom stereocenters. The van der Waals surface area contributed by atoms with Crippen LogP contribution in [0.2, 0.25) is 0 Å². The molecule has 1 aliphatic carbocycles. The lowest BCUT2D eigenvalue weighted by Gasteiger charge is -2.27. The fourth-order valence-electron chi connectivity index (χ4n) is 3.81. The van der Waals surface area contributed by atoms with Crippen LogP contribution < -0.4 is 0 Å². The first-order valence-corrected chi connectivity index (χ1v) is 8.30. The van der Waals surface area contributed by atoms with Crippen molar-refractivity contribution in [2.24, 2.45) is 5.92 Å². The molecule has 1 aromatic heterocycles. The molecule has 2 saturated heterocycles. The third-order valence-corrected chi connectivity index (χ3v) is 5.11. The zero-order chi connectivity index (χ0) is 15.1. The molecule has 0 unspecified atom stereocenters. The molecular formula is C16H22N4O2. The van der Waals surface area contributed by atoms with E-state index in [1.165, 1.54) is 0 Å². The number of carbonyl (C=O) groups excluding carboxylic acids is 2. The molecule has 2 aliphatic heterocycles. The summed E-state index contributed by atoms with van der Waals surface area (Å²) in [5.41, 5.74) is 0. The van der Waals surface area contributed by atoms with E-state index in [0.717, 1.165) is 38.8 Å². The van der Waals surface area contributed by atoms with Crippen molar-refractivity contribution in [3.05, 3.63) is 18.5 Å². The lowest BCUT2D eigenvalue weighted by atomic mass is 10.1. The van der Waals surface area contributed by atoms with Crippen LogP contribution in [0.15, 0.2) is 18.5 Å². The first-order chi connectivity index (χ1) is 10.7. The molecule has 4 rings (SSSR count). The maximum Gasteiger partial charge on any atom is 0.228 e. The predicted molar refractivity (Wildman–Crippen MR) is 79.8 cm³/mol. The first-order valence-electron chi connectivity index (χ1n) is 8.30. The van der Waals surface area contributed by atoms with Crippen molar-refractivity contribution >= 4 is 11.8 Å². The summed E-state index contributed by atoms with van der Waals surface area (Å²) in [6.07, 6.45) is 8.40. The van der Waals surface area contributed by atoms with Gasteiger partial charge in [0.15, 0.2) is 0 Å². The van der Waals surface area contributed by atoms with Crippen LogP contribution in [0.4, 0.5) is 0 Å². The van der Waals surface area contributed by atoms with Gasteiger partial charge in [0.05, 0.1) is 18.5 Å². The molecule has 6 nitrogen and oxygen atoms in total. The van der Waals surface area contributed by atoms with Gasteiger partial charge in [-0.1, -0.05) is 0 Å². The van der Waals surface area contributed by atoms with Crippen molar-refractivity contribution in [3.8, 4) is 0 Å². The number of amides is 2. The minimum Gasteiger partial charge on any atom is -0.339 e. The van der Waals surface area contributed by atoms with Crippen molar-refractivity contribution in [2.45, 2.75) is 50.7 Å². The zero-order valence-electron chi connectivity index (χ0n) is 12.7. The highest BCUT2D eigenvalue weighted by Gasteiger charge is 2.44. The Kier molecular flexibility index (Phi) is 3.39. The van der Waals surface area contributed by atoms with Gasteiger partial charge >= 0.3 is 0 Å². The minimum absolute atomic E-state index is 0.133. The lowest BCUT2D eigenvalue weighted by molar-refractivity contribution is -0.136. The highest BCUT2D eigenvalue weighted by Crippen LogP contribution is 2.34. The number of hydrogen-bond acceptors (Lipinski definition) is 3. The van der Waals surface area contributed by atoms with E-state index >= 15 is 0 Å². The van der Waals surface area contributed by atoms with Gasteiger partial charge in [-0.25, -0.2) is 0 Å². The molecule has 0 aromatic carbocycles. The molecule has 0 N–H and O–H groups in total. The van der Waals surface area contributed by atoms with E-state index < -0.39 is 0 Å². The third kappa shape index (κ3) is 2.51. The number of rotatable bonds is 4. The van der Waals surface area contributed by atoms with E-state index in [9.17, 15) is 9.59 Å². The molecule has 3 fully saturated rings. The fourth-order valence-corrected chi connectivity index (χ4v) is 3.81. The zero-order valence-corrected chi connectivity index (χ0v) is 12.7. The Balaban J connectivity index is 1.42. The molecule has 0 spiro atoms. The van der Waals surface area contributed by atoms with Gasteiger partial charge in [-0.15, -0.1) is 0 Å². The van der Waals surface area contributed by atoms with Gasteiger partial charge < -0.3 is 9.80 Å². The molecule has 0 radical (unpaired) electrons. The molecule has 118 valence electrons. The van der Waals surface area contributed by atoms with Gasteiger partial charge in [-0.05, 0) is 31.7 Å². The van der Waals surface area contributed by atoms with E-state index in [-0.39, 0.29) is 23.8 Å². The Morgan fingerprint density at radius 2 is 2.18 bits per heavy atom. The number of aromatic nitrogens is 2. The normalized spacial score (nSPS) is 28.6. The summed E-state index contributed by atoms with van der Waals surface area (Å²) in [6.45, 7) is 2.21. The summed E-state index contributed by atoms with van der Waals surface area (Å²) in [5.74, 6) is 0.209.